The zero-order chi connectivity index (χ0) is 26.9. The first kappa shape index (κ1) is 27.5. The summed E-state index contributed by atoms with van der Waals surface area (Å²) in [6, 6.07) is 0. The number of aliphatic carboxylic acids is 1. The van der Waals surface area contributed by atoms with E-state index >= 15 is 0 Å². The lowest BCUT2D eigenvalue weighted by Gasteiger charge is -2.69. The smallest absolute Gasteiger partial charge is 0.313 e. The lowest BCUT2D eigenvalue weighted by atomic mass is 9.36. The molecule has 202 valence electrons. The van der Waals surface area contributed by atoms with E-state index in [1.807, 2.05) is 19.9 Å². The molecule has 0 aromatic rings. The summed E-state index contributed by atoms with van der Waals surface area (Å²) < 4.78 is 0. The number of fused-ring (bicyclic) bond motifs is 5. The summed E-state index contributed by atoms with van der Waals surface area (Å²) in [4.78, 5) is 24.4. The molecule has 2 saturated carbocycles. The molecule has 0 bridgehead atoms. The third-order valence-corrected chi connectivity index (χ3v) is 12.0. The Labute approximate surface area is 215 Å². The van der Waals surface area contributed by atoms with E-state index in [4.69, 9.17) is 0 Å². The summed E-state index contributed by atoms with van der Waals surface area (Å²) in [5.41, 5.74) is -1.32. The van der Waals surface area contributed by atoms with Gasteiger partial charge >= 0.3 is 5.97 Å². The lowest BCUT2D eigenvalue weighted by Crippen LogP contribution is -2.66. The lowest BCUT2D eigenvalue weighted by molar-refractivity contribution is -0.230. The van der Waals surface area contributed by atoms with E-state index in [0.717, 1.165) is 24.8 Å². The molecule has 0 heterocycles. The SMILES string of the molecule is CC(=O)[C@@H](C)CC[C@@]1(C(=O)O)C=C2C=C[C@@H]3[C@@]4(C)C[C@@H](O)[C@@H](O)[C@@](C)(CO)[C@@H]4CC[C@@]3(C)[C@]2(C)CC1. The highest BCUT2D eigenvalue weighted by Gasteiger charge is 2.68. The highest BCUT2D eigenvalue weighted by Crippen LogP contribution is 2.72. The Morgan fingerprint density at radius 3 is 2.36 bits per heavy atom. The zero-order valence-electron chi connectivity index (χ0n) is 22.9. The number of hydrogen-bond acceptors (Lipinski definition) is 5. The molecule has 0 aromatic carbocycles. The first-order chi connectivity index (χ1) is 16.6. The number of rotatable bonds is 6. The van der Waals surface area contributed by atoms with Crippen LogP contribution in [0.5, 0.6) is 0 Å². The quantitative estimate of drug-likeness (QED) is 0.424. The van der Waals surface area contributed by atoms with Crippen LogP contribution in [0.1, 0.15) is 86.5 Å². The minimum atomic E-state index is -0.964. The third-order valence-electron chi connectivity index (χ3n) is 12.0. The maximum Gasteiger partial charge on any atom is 0.313 e. The monoisotopic (exact) mass is 502 g/mol. The van der Waals surface area contributed by atoms with Crippen molar-refractivity contribution in [3.8, 4) is 0 Å². The number of hydrogen-bond donors (Lipinski definition) is 4. The minimum Gasteiger partial charge on any atom is -0.481 e. The summed E-state index contributed by atoms with van der Waals surface area (Å²) in [5, 5.41) is 42.4. The average Bonchev–Trinajstić information content (AvgIpc) is 2.81. The minimum absolute atomic E-state index is 0.0695. The molecule has 4 N–H and O–H groups in total. The van der Waals surface area contributed by atoms with Gasteiger partial charge in [0.15, 0.2) is 0 Å². The highest BCUT2D eigenvalue weighted by molar-refractivity contribution is 5.79. The molecule has 0 saturated heterocycles. The second-order valence-corrected chi connectivity index (χ2v) is 13.7. The van der Waals surface area contributed by atoms with Crippen molar-refractivity contribution in [1.82, 2.24) is 0 Å². The second-order valence-electron chi connectivity index (χ2n) is 13.7. The van der Waals surface area contributed by atoms with Crippen molar-refractivity contribution in [2.45, 2.75) is 98.7 Å². The average molecular weight is 503 g/mol. The molecule has 0 aromatic heterocycles. The molecule has 4 rings (SSSR count). The Kier molecular flexibility index (Phi) is 6.71. The van der Waals surface area contributed by atoms with Crippen LogP contribution in [0.25, 0.3) is 0 Å². The van der Waals surface area contributed by atoms with E-state index in [1.54, 1.807) is 6.92 Å². The Balaban J connectivity index is 1.76. The molecule has 0 radical (unpaired) electrons. The number of carbonyl (C=O) groups is 2. The maximum atomic E-state index is 12.6. The van der Waals surface area contributed by atoms with Gasteiger partial charge in [-0.05, 0) is 85.5 Å². The van der Waals surface area contributed by atoms with Gasteiger partial charge < -0.3 is 20.4 Å². The van der Waals surface area contributed by atoms with Crippen LogP contribution in [0.4, 0.5) is 0 Å². The van der Waals surface area contributed by atoms with Gasteiger partial charge in [0.2, 0.25) is 0 Å². The van der Waals surface area contributed by atoms with E-state index in [1.165, 1.54) is 0 Å². The van der Waals surface area contributed by atoms with E-state index in [2.05, 4.69) is 32.9 Å². The van der Waals surface area contributed by atoms with Gasteiger partial charge in [0.1, 0.15) is 5.78 Å². The van der Waals surface area contributed by atoms with Crippen LogP contribution in [-0.4, -0.2) is 51.0 Å². The number of allylic oxidation sites excluding steroid dienone is 3. The maximum absolute atomic E-state index is 12.6. The van der Waals surface area contributed by atoms with E-state index in [9.17, 15) is 30.0 Å². The van der Waals surface area contributed by atoms with Crippen LogP contribution in [0, 0.1) is 44.8 Å². The normalized spacial score (nSPS) is 48.8. The first-order valence-corrected chi connectivity index (χ1v) is 13.7. The number of carboxylic acids is 1. The molecule has 4 aliphatic rings. The van der Waals surface area contributed by atoms with Gasteiger partial charge in [-0.2, -0.15) is 0 Å². The van der Waals surface area contributed by atoms with Gasteiger partial charge in [-0.25, -0.2) is 0 Å². The Hall–Kier alpha value is -1.50. The van der Waals surface area contributed by atoms with Gasteiger partial charge in [-0.3, -0.25) is 9.59 Å². The fourth-order valence-electron chi connectivity index (χ4n) is 9.03. The fraction of sp³-hybridized carbons (Fsp3) is 0.800. The van der Waals surface area contributed by atoms with Gasteiger partial charge in [0.05, 0.1) is 24.2 Å². The Morgan fingerprint density at radius 1 is 1.11 bits per heavy atom. The predicted molar refractivity (Wildman–Crippen MR) is 138 cm³/mol. The molecule has 0 aliphatic heterocycles. The third kappa shape index (κ3) is 3.61. The molecule has 36 heavy (non-hydrogen) atoms. The molecule has 4 aliphatic carbocycles. The van der Waals surface area contributed by atoms with E-state index in [0.29, 0.717) is 25.7 Å². The first-order valence-electron chi connectivity index (χ1n) is 13.7. The van der Waals surface area contributed by atoms with Crippen molar-refractivity contribution in [3.63, 3.8) is 0 Å². The van der Waals surface area contributed by atoms with Crippen LogP contribution in [0.15, 0.2) is 23.8 Å². The molecular weight excluding hydrogens is 456 g/mol. The zero-order valence-corrected chi connectivity index (χ0v) is 22.9. The Morgan fingerprint density at radius 2 is 1.78 bits per heavy atom. The number of aliphatic hydroxyl groups is 3. The van der Waals surface area contributed by atoms with Gasteiger partial charge in [-0.1, -0.05) is 52.8 Å². The number of carboxylic acid groups (broad SMARTS) is 1. The number of ketones is 1. The van der Waals surface area contributed by atoms with Crippen molar-refractivity contribution >= 4 is 11.8 Å². The van der Waals surface area contributed by atoms with Crippen LogP contribution in [0.2, 0.25) is 0 Å². The van der Waals surface area contributed by atoms with Crippen molar-refractivity contribution in [1.29, 1.82) is 0 Å². The number of carbonyl (C=O) groups excluding carboxylic acids is 1. The number of Topliss-reactive ketones (excluding diaryl/α,β-unsaturated/α-hetero) is 1. The fourth-order valence-corrected chi connectivity index (χ4v) is 9.03. The molecule has 0 unspecified atom stereocenters. The van der Waals surface area contributed by atoms with Crippen molar-refractivity contribution in [2.75, 3.05) is 6.61 Å². The van der Waals surface area contributed by atoms with Gasteiger partial charge in [-0.15, -0.1) is 0 Å². The summed E-state index contributed by atoms with van der Waals surface area (Å²) in [6.07, 6.45) is 9.06. The highest BCUT2D eigenvalue weighted by atomic mass is 16.4. The van der Waals surface area contributed by atoms with Crippen molar-refractivity contribution in [2.24, 2.45) is 44.8 Å². The molecule has 10 atom stereocenters. The Bertz CT molecular complexity index is 986. The summed E-state index contributed by atoms with van der Waals surface area (Å²) >= 11 is 0. The van der Waals surface area contributed by atoms with Crippen molar-refractivity contribution in [3.05, 3.63) is 23.8 Å². The van der Waals surface area contributed by atoms with Crippen molar-refractivity contribution < 1.29 is 30.0 Å². The largest absolute Gasteiger partial charge is 0.481 e. The summed E-state index contributed by atoms with van der Waals surface area (Å²) in [7, 11) is 0. The van der Waals surface area contributed by atoms with Crippen LogP contribution >= 0.6 is 0 Å². The molecule has 6 heteroatoms. The predicted octanol–water partition coefficient (Wildman–Crippen LogP) is 4.52. The second kappa shape index (κ2) is 8.78. The molecule has 6 nitrogen and oxygen atoms in total. The molecule has 0 amide bonds. The van der Waals surface area contributed by atoms with Crippen LogP contribution in [-0.2, 0) is 9.59 Å². The van der Waals surface area contributed by atoms with Gasteiger partial charge in [0, 0.05) is 11.3 Å². The number of aliphatic hydroxyl groups excluding tert-OH is 3. The van der Waals surface area contributed by atoms with Crippen LogP contribution < -0.4 is 0 Å². The van der Waals surface area contributed by atoms with E-state index < -0.39 is 29.0 Å². The van der Waals surface area contributed by atoms with E-state index in [-0.39, 0.29) is 46.4 Å². The molecule has 0 spiro atoms. The standard InChI is InChI=1S/C30H46O6/c1-18(19(2)32)9-12-30(25(35)36)14-13-28(5)20(15-30)7-8-23-26(3)16-21(33)24(34)27(4,17-31)22(26)10-11-29(23,28)6/h7-8,15,18,21-24,31,33-34H,9-14,16-17H2,1-6H3,(H,35,36)/t18-,21+,22+,23+,24+,26-,27-,28+,29+,30-/m0/s1. The summed E-state index contributed by atoms with van der Waals surface area (Å²) in [5.74, 6) is -0.668. The molecular formula is C30H46O6. The van der Waals surface area contributed by atoms with Crippen LogP contribution in [0.3, 0.4) is 0 Å². The molecule has 2 fully saturated rings. The summed E-state index contributed by atoms with van der Waals surface area (Å²) in [6.45, 7) is 12.0. The topological polar surface area (TPSA) is 115 Å². The van der Waals surface area contributed by atoms with Gasteiger partial charge in [0.25, 0.3) is 0 Å².